The van der Waals surface area contributed by atoms with E-state index in [1.165, 1.54) is 19.1 Å². The van der Waals surface area contributed by atoms with E-state index < -0.39 is 95.5 Å². The Labute approximate surface area is 437 Å². The Balaban J connectivity index is 3.48. The lowest BCUT2D eigenvalue weighted by Gasteiger charge is -2.30. The largest absolute Gasteiger partial charge is 0.507 e. The molecule has 0 saturated heterocycles. The van der Waals surface area contributed by atoms with E-state index in [4.69, 9.17) is 28.3 Å². The number of hydrogen-bond acceptors (Lipinski definition) is 12. The van der Waals surface area contributed by atoms with Gasteiger partial charge in [-0.2, -0.15) is 0 Å². The molecule has 0 radical (unpaired) electrons. The quantitative estimate of drug-likeness (QED) is 0.0258. The van der Waals surface area contributed by atoms with Gasteiger partial charge in [0, 0.05) is 20.0 Å². The molecule has 0 aliphatic rings. The molecule has 0 heterocycles. The predicted molar refractivity (Wildman–Crippen MR) is 286 cm³/mol. The summed E-state index contributed by atoms with van der Waals surface area (Å²) < 4.78 is 0. The normalized spacial score (nSPS) is 14.2. The van der Waals surface area contributed by atoms with Crippen LogP contribution in [0.3, 0.4) is 0 Å². The second kappa shape index (κ2) is 33.3. The Bertz CT molecular complexity index is 2060. The first-order valence-electron chi connectivity index (χ1n) is 25.8. The molecule has 23 heteroatoms. The number of aliphatic imine (C=N–C) groups is 1. The standard InChI is InChI=1S/C51H90N14O9/c1-27(2)21-37(59-32(11)66)46(70)62-39(23-29(5)6)48(72)64-40(24-30(7)8)49(73)63-38(22-28(3)4)47(71)60-36(16-14-20-57-51(55)56)45(69)65-42(31(9)10)50(74)61-35(15-12-13-19-52)44(68)58-26-33-17-18-34(43(53)54)41(67)25-33/h17-18,25,27-31,35-40,42,67H,12-16,19-24,26,52H2,1-11H3,(H3,53,54)(H,58,68)(H,59,66)(H,60,71)(H,61,74)(H,62,70)(H,63,73)(H,64,72)(H,65,69)(H4,55,56,57)/t35-,36-,37+,38-,39-,40-,42-/m0/s1. The molecule has 1 rings (SSSR count). The minimum absolute atomic E-state index is 0.00511. The highest BCUT2D eigenvalue weighted by atomic mass is 16.3. The van der Waals surface area contributed by atoms with Gasteiger partial charge in [0.25, 0.3) is 0 Å². The highest BCUT2D eigenvalue weighted by molar-refractivity contribution is 5.98. The van der Waals surface area contributed by atoms with Crippen LogP contribution >= 0.6 is 0 Å². The number of nitrogens with two attached hydrogens (primary N) is 4. The van der Waals surface area contributed by atoms with Crippen molar-refractivity contribution in [3.63, 3.8) is 0 Å². The van der Waals surface area contributed by atoms with Crippen molar-refractivity contribution in [1.82, 2.24) is 42.5 Å². The fourth-order valence-corrected chi connectivity index (χ4v) is 7.96. The first-order chi connectivity index (χ1) is 34.6. The van der Waals surface area contributed by atoms with Crippen molar-refractivity contribution in [3.05, 3.63) is 29.3 Å². The number of carbonyl (C=O) groups excluding carboxylic acids is 8. The van der Waals surface area contributed by atoms with Crippen molar-refractivity contribution in [2.75, 3.05) is 13.1 Å². The van der Waals surface area contributed by atoms with Crippen LogP contribution in [0.15, 0.2) is 23.2 Å². The molecule has 23 nitrogen and oxygen atoms in total. The van der Waals surface area contributed by atoms with Crippen LogP contribution in [0.2, 0.25) is 0 Å². The molecular formula is C51H90N14O9. The zero-order valence-electron chi connectivity index (χ0n) is 45.6. The fourth-order valence-electron chi connectivity index (χ4n) is 7.96. The summed E-state index contributed by atoms with van der Waals surface area (Å²) in [6, 6.07) is -3.38. The Morgan fingerprint density at radius 3 is 1.35 bits per heavy atom. The van der Waals surface area contributed by atoms with Crippen LogP contribution in [-0.2, 0) is 44.9 Å². The van der Waals surface area contributed by atoms with Crippen LogP contribution in [0.1, 0.15) is 145 Å². The number of amides is 8. The van der Waals surface area contributed by atoms with Gasteiger partial charge in [0.05, 0.1) is 5.56 Å². The lowest BCUT2D eigenvalue weighted by atomic mass is 9.97. The van der Waals surface area contributed by atoms with Crippen LogP contribution in [0.5, 0.6) is 5.75 Å². The van der Waals surface area contributed by atoms with E-state index in [2.05, 4.69) is 47.5 Å². The van der Waals surface area contributed by atoms with Gasteiger partial charge in [-0.3, -0.25) is 48.8 Å². The minimum atomic E-state index is -1.27. The Morgan fingerprint density at radius 1 is 0.554 bits per heavy atom. The van der Waals surface area contributed by atoms with Gasteiger partial charge in [-0.1, -0.05) is 75.3 Å². The second-order valence-corrected chi connectivity index (χ2v) is 21.0. The summed E-state index contributed by atoms with van der Waals surface area (Å²) in [6.45, 7) is 20.1. The maximum absolute atomic E-state index is 14.3. The van der Waals surface area contributed by atoms with Crippen LogP contribution in [-0.4, -0.2) is 120 Å². The van der Waals surface area contributed by atoms with Gasteiger partial charge in [0.2, 0.25) is 47.3 Å². The molecule has 0 aliphatic heterocycles. The third-order valence-corrected chi connectivity index (χ3v) is 11.6. The zero-order chi connectivity index (χ0) is 56.4. The zero-order valence-corrected chi connectivity index (χ0v) is 45.6. The highest BCUT2D eigenvalue weighted by Gasteiger charge is 2.35. The molecule has 18 N–H and O–H groups in total. The monoisotopic (exact) mass is 1040 g/mol. The number of aromatic hydroxyl groups is 1. The van der Waals surface area contributed by atoms with Crippen molar-refractivity contribution in [2.45, 2.75) is 183 Å². The summed E-state index contributed by atoms with van der Waals surface area (Å²) in [4.78, 5) is 114. The average Bonchev–Trinajstić information content (AvgIpc) is 3.28. The summed E-state index contributed by atoms with van der Waals surface area (Å²) >= 11 is 0. The number of rotatable bonds is 34. The van der Waals surface area contributed by atoms with Gasteiger partial charge < -0.3 is 70.6 Å². The lowest BCUT2D eigenvalue weighted by Crippen LogP contribution is -2.61. The summed E-state index contributed by atoms with van der Waals surface area (Å²) in [5.74, 6) is -6.38. The van der Waals surface area contributed by atoms with Crippen molar-refractivity contribution in [3.8, 4) is 5.75 Å². The fraction of sp³-hybridized carbons (Fsp3) is 0.686. The molecule has 1 aromatic rings. The van der Waals surface area contributed by atoms with Crippen molar-refractivity contribution in [2.24, 2.45) is 57.5 Å². The Kier molecular flexibility index (Phi) is 29.5. The summed E-state index contributed by atoms with van der Waals surface area (Å²) in [7, 11) is 0. The predicted octanol–water partition coefficient (Wildman–Crippen LogP) is 0.729. The van der Waals surface area contributed by atoms with E-state index in [-0.39, 0.29) is 98.4 Å². The molecule has 74 heavy (non-hydrogen) atoms. The van der Waals surface area contributed by atoms with E-state index in [9.17, 15) is 43.5 Å². The number of phenolic OH excluding ortho intramolecular Hbond substituents is 1. The average molecular weight is 1040 g/mol. The molecule has 8 amide bonds. The van der Waals surface area contributed by atoms with Gasteiger partial charge in [-0.05, 0) is 112 Å². The Hall–Kier alpha value is -6.52. The molecular weight excluding hydrogens is 953 g/mol. The topological polar surface area (TPSA) is 393 Å². The maximum atomic E-state index is 14.3. The number of nitrogens with zero attached hydrogens (tertiary/aromatic N) is 1. The smallest absolute Gasteiger partial charge is 0.243 e. The van der Waals surface area contributed by atoms with Gasteiger partial charge in [0.1, 0.15) is 53.9 Å². The molecule has 0 spiro atoms. The van der Waals surface area contributed by atoms with Crippen LogP contribution < -0.4 is 65.5 Å². The van der Waals surface area contributed by atoms with Crippen molar-refractivity contribution >= 4 is 59.1 Å². The first kappa shape index (κ1) is 65.5. The first-order valence-corrected chi connectivity index (χ1v) is 25.8. The molecule has 418 valence electrons. The molecule has 1 aromatic carbocycles. The SMILES string of the molecule is CC(=O)N[C@H](CC(C)C)C(=O)N[C@@H](CC(C)C)C(=O)N[C@@H](CC(C)C)C(=O)N[C@@H](CC(C)C)C(=O)N[C@@H](CCCN=C(N)N)C(=O)N[C@H](C(=O)N[C@@H](CCCCN)C(=O)NCc1ccc(C(=N)N)c(O)c1)C(C)C. The van der Waals surface area contributed by atoms with Crippen LogP contribution in [0.25, 0.3) is 0 Å². The molecule has 0 bridgehead atoms. The summed E-state index contributed by atoms with van der Waals surface area (Å²) in [5, 5.41) is 40.0. The number of unbranched alkanes of at least 4 members (excludes halogenated alkanes) is 1. The van der Waals surface area contributed by atoms with Crippen molar-refractivity contribution in [1.29, 1.82) is 5.41 Å². The number of phenols is 1. The third-order valence-electron chi connectivity index (χ3n) is 11.6. The number of benzene rings is 1. The third kappa shape index (κ3) is 25.4. The van der Waals surface area contributed by atoms with Gasteiger partial charge >= 0.3 is 0 Å². The van der Waals surface area contributed by atoms with Crippen LogP contribution in [0, 0.1) is 35.0 Å². The number of amidine groups is 1. The summed E-state index contributed by atoms with van der Waals surface area (Å²) in [6.07, 6.45) is 2.34. The molecule has 0 aliphatic carbocycles. The number of hydrogen-bond donors (Lipinski definition) is 14. The van der Waals surface area contributed by atoms with Gasteiger partial charge in [0.15, 0.2) is 5.96 Å². The van der Waals surface area contributed by atoms with E-state index in [1.807, 2.05) is 55.4 Å². The maximum Gasteiger partial charge on any atom is 0.243 e. The molecule has 7 atom stereocenters. The van der Waals surface area contributed by atoms with E-state index in [0.717, 1.165) is 0 Å². The number of nitrogens with one attached hydrogen (secondary N) is 9. The van der Waals surface area contributed by atoms with Crippen LogP contribution in [0.4, 0.5) is 0 Å². The van der Waals surface area contributed by atoms with Crippen molar-refractivity contribution < 1.29 is 43.5 Å². The van der Waals surface area contributed by atoms with Gasteiger partial charge in [-0.15, -0.1) is 0 Å². The number of carbonyl (C=O) groups is 8. The molecule has 0 aromatic heterocycles. The molecule has 0 saturated carbocycles. The minimum Gasteiger partial charge on any atom is -0.507 e. The lowest BCUT2D eigenvalue weighted by molar-refractivity contribution is -0.136. The molecule has 0 unspecified atom stereocenters. The molecule has 0 fully saturated rings. The van der Waals surface area contributed by atoms with E-state index in [1.54, 1.807) is 19.9 Å². The van der Waals surface area contributed by atoms with E-state index >= 15 is 0 Å². The second-order valence-electron chi connectivity index (χ2n) is 21.0. The Morgan fingerprint density at radius 2 is 0.959 bits per heavy atom. The van der Waals surface area contributed by atoms with Gasteiger partial charge in [-0.25, -0.2) is 0 Å². The van der Waals surface area contributed by atoms with E-state index in [0.29, 0.717) is 31.4 Å². The highest BCUT2D eigenvalue weighted by Crippen LogP contribution is 2.19. The summed E-state index contributed by atoms with van der Waals surface area (Å²) in [5.41, 5.74) is 23.0. The number of nitrogen functional groups attached to an aromatic ring is 1. The number of guanidine groups is 1.